The van der Waals surface area contributed by atoms with E-state index in [9.17, 15) is 4.39 Å². The molecule has 4 heteroatoms. The van der Waals surface area contributed by atoms with Crippen LogP contribution in [0.2, 0.25) is 5.02 Å². The molecule has 0 amide bonds. The standard InChI is InChI=1S/C17H10ClFN2/c18-11-5-7-14-10(8-11)4-6-15(21-14)12-9-20-16-3-1-2-13(19)17(12)16/h1-9,20H. The van der Waals surface area contributed by atoms with Gasteiger partial charge in [-0.1, -0.05) is 23.7 Å². The number of benzene rings is 2. The molecule has 102 valence electrons. The largest absolute Gasteiger partial charge is 0.360 e. The van der Waals surface area contributed by atoms with Crippen LogP contribution in [0, 0.1) is 5.82 Å². The topological polar surface area (TPSA) is 28.7 Å². The first-order chi connectivity index (χ1) is 10.2. The number of rotatable bonds is 1. The van der Waals surface area contributed by atoms with E-state index in [1.54, 1.807) is 18.3 Å². The SMILES string of the molecule is Fc1cccc2[nH]cc(-c3ccc4cc(Cl)ccc4n3)c12. The maximum atomic E-state index is 14.1. The molecule has 0 aliphatic rings. The molecule has 0 saturated heterocycles. The van der Waals surface area contributed by atoms with Crippen LogP contribution in [0.4, 0.5) is 4.39 Å². The lowest BCUT2D eigenvalue weighted by atomic mass is 10.1. The number of aromatic amines is 1. The van der Waals surface area contributed by atoms with Gasteiger partial charge in [0.15, 0.2) is 0 Å². The lowest BCUT2D eigenvalue weighted by Crippen LogP contribution is -1.85. The number of hydrogen-bond acceptors (Lipinski definition) is 1. The number of H-pyrrole nitrogens is 1. The van der Waals surface area contributed by atoms with Gasteiger partial charge in [-0.15, -0.1) is 0 Å². The first-order valence-corrected chi connectivity index (χ1v) is 6.92. The maximum Gasteiger partial charge on any atom is 0.133 e. The van der Waals surface area contributed by atoms with Gasteiger partial charge in [0, 0.05) is 33.1 Å². The molecular weight excluding hydrogens is 287 g/mol. The lowest BCUT2D eigenvalue weighted by Gasteiger charge is -2.03. The fraction of sp³-hybridized carbons (Fsp3) is 0. The predicted octanol–water partition coefficient (Wildman–Crippen LogP) is 5.18. The first kappa shape index (κ1) is 12.4. The minimum atomic E-state index is -0.248. The summed E-state index contributed by atoms with van der Waals surface area (Å²) in [5.41, 5.74) is 3.10. The number of pyridine rings is 1. The lowest BCUT2D eigenvalue weighted by molar-refractivity contribution is 0.640. The summed E-state index contributed by atoms with van der Waals surface area (Å²) in [5, 5.41) is 2.21. The van der Waals surface area contributed by atoms with E-state index in [1.165, 1.54) is 6.07 Å². The van der Waals surface area contributed by atoms with Gasteiger partial charge in [0.25, 0.3) is 0 Å². The van der Waals surface area contributed by atoms with Gasteiger partial charge in [0.05, 0.1) is 11.2 Å². The molecule has 2 aromatic carbocycles. The van der Waals surface area contributed by atoms with Gasteiger partial charge in [0.1, 0.15) is 5.82 Å². The Bertz CT molecular complexity index is 975. The maximum absolute atomic E-state index is 14.1. The third-order valence-corrected chi connectivity index (χ3v) is 3.82. The van der Waals surface area contributed by atoms with Crippen molar-refractivity contribution in [3.05, 3.63) is 65.6 Å². The highest BCUT2D eigenvalue weighted by molar-refractivity contribution is 6.31. The molecule has 0 saturated carbocycles. The van der Waals surface area contributed by atoms with Crippen molar-refractivity contribution < 1.29 is 4.39 Å². The minimum absolute atomic E-state index is 0.248. The number of halogens is 2. The van der Waals surface area contributed by atoms with Crippen molar-refractivity contribution in [2.75, 3.05) is 0 Å². The zero-order chi connectivity index (χ0) is 14.4. The van der Waals surface area contributed by atoms with Crippen molar-refractivity contribution in [2.45, 2.75) is 0 Å². The molecule has 0 aliphatic carbocycles. The summed E-state index contributed by atoms with van der Waals surface area (Å²) in [6.07, 6.45) is 1.79. The van der Waals surface area contributed by atoms with Gasteiger partial charge in [-0.05, 0) is 36.4 Å². The molecule has 4 rings (SSSR count). The van der Waals surface area contributed by atoms with Gasteiger partial charge in [-0.3, -0.25) is 0 Å². The van der Waals surface area contributed by atoms with Gasteiger partial charge in [-0.2, -0.15) is 0 Å². The second-order valence-electron chi connectivity index (χ2n) is 4.90. The summed E-state index contributed by atoms with van der Waals surface area (Å²) in [6.45, 7) is 0. The Morgan fingerprint density at radius 2 is 1.95 bits per heavy atom. The van der Waals surface area contributed by atoms with Gasteiger partial charge in [0.2, 0.25) is 0 Å². The van der Waals surface area contributed by atoms with Crippen molar-refractivity contribution in [1.82, 2.24) is 9.97 Å². The molecule has 21 heavy (non-hydrogen) atoms. The Morgan fingerprint density at radius 3 is 2.86 bits per heavy atom. The third-order valence-electron chi connectivity index (χ3n) is 3.58. The summed E-state index contributed by atoms with van der Waals surface area (Å²) in [6, 6.07) is 14.4. The molecule has 2 nitrogen and oxygen atoms in total. The number of fused-ring (bicyclic) bond motifs is 2. The van der Waals surface area contributed by atoms with Crippen LogP contribution in [0.25, 0.3) is 33.1 Å². The van der Waals surface area contributed by atoms with Gasteiger partial charge in [-0.25, -0.2) is 9.37 Å². The molecule has 0 aliphatic heterocycles. The van der Waals surface area contributed by atoms with E-state index in [1.807, 2.05) is 30.3 Å². The average molecular weight is 297 g/mol. The molecule has 2 aromatic heterocycles. The number of nitrogens with zero attached hydrogens (tertiary/aromatic N) is 1. The average Bonchev–Trinajstić information content (AvgIpc) is 2.92. The Kier molecular flexibility index (Phi) is 2.69. The van der Waals surface area contributed by atoms with Gasteiger partial charge >= 0.3 is 0 Å². The number of hydrogen-bond donors (Lipinski definition) is 1. The summed E-state index contributed by atoms with van der Waals surface area (Å²) in [4.78, 5) is 7.69. The van der Waals surface area contributed by atoms with Crippen molar-refractivity contribution in [3.8, 4) is 11.3 Å². The van der Waals surface area contributed by atoms with Crippen molar-refractivity contribution in [2.24, 2.45) is 0 Å². The molecule has 0 radical (unpaired) electrons. The van der Waals surface area contributed by atoms with E-state index in [0.717, 1.165) is 27.7 Å². The van der Waals surface area contributed by atoms with Crippen molar-refractivity contribution in [1.29, 1.82) is 0 Å². The Morgan fingerprint density at radius 1 is 1.05 bits per heavy atom. The number of nitrogens with one attached hydrogen (secondary N) is 1. The molecule has 2 heterocycles. The van der Waals surface area contributed by atoms with Crippen molar-refractivity contribution >= 4 is 33.4 Å². The zero-order valence-corrected chi connectivity index (χ0v) is 11.7. The summed E-state index contributed by atoms with van der Waals surface area (Å²) < 4.78 is 14.1. The monoisotopic (exact) mass is 296 g/mol. The first-order valence-electron chi connectivity index (χ1n) is 6.55. The van der Waals surface area contributed by atoms with Crippen LogP contribution in [0.15, 0.2) is 54.7 Å². The van der Waals surface area contributed by atoms with Crippen LogP contribution in [-0.2, 0) is 0 Å². The molecule has 0 fully saturated rings. The molecule has 4 aromatic rings. The third kappa shape index (κ3) is 1.98. The Labute approximate surface area is 125 Å². The van der Waals surface area contributed by atoms with Crippen LogP contribution in [0.1, 0.15) is 0 Å². The van der Waals surface area contributed by atoms with Crippen molar-refractivity contribution in [3.63, 3.8) is 0 Å². The fourth-order valence-electron chi connectivity index (χ4n) is 2.59. The predicted molar refractivity (Wildman–Crippen MR) is 84.0 cm³/mol. The summed E-state index contributed by atoms with van der Waals surface area (Å²) >= 11 is 5.97. The highest BCUT2D eigenvalue weighted by Gasteiger charge is 2.11. The van der Waals surface area contributed by atoms with Crippen LogP contribution >= 0.6 is 11.6 Å². The van der Waals surface area contributed by atoms with Gasteiger partial charge < -0.3 is 4.98 Å². The second-order valence-corrected chi connectivity index (χ2v) is 5.33. The van der Waals surface area contributed by atoms with E-state index in [4.69, 9.17) is 11.6 Å². The van der Waals surface area contributed by atoms with E-state index in [0.29, 0.717) is 10.4 Å². The minimum Gasteiger partial charge on any atom is -0.360 e. The smallest absolute Gasteiger partial charge is 0.133 e. The molecular formula is C17H10ClFN2. The highest BCUT2D eigenvalue weighted by Crippen LogP contribution is 2.30. The second kappa shape index (κ2) is 4.57. The molecule has 0 unspecified atom stereocenters. The van der Waals surface area contributed by atoms with Crippen LogP contribution < -0.4 is 0 Å². The molecule has 0 spiro atoms. The van der Waals surface area contributed by atoms with E-state index in [-0.39, 0.29) is 5.82 Å². The van der Waals surface area contributed by atoms with E-state index >= 15 is 0 Å². The van der Waals surface area contributed by atoms with E-state index in [2.05, 4.69) is 9.97 Å². The normalized spacial score (nSPS) is 11.3. The summed E-state index contributed by atoms with van der Waals surface area (Å²) in [7, 11) is 0. The van der Waals surface area contributed by atoms with Crippen LogP contribution in [-0.4, -0.2) is 9.97 Å². The number of aromatic nitrogens is 2. The zero-order valence-electron chi connectivity index (χ0n) is 10.9. The quantitative estimate of drug-likeness (QED) is 0.515. The highest BCUT2D eigenvalue weighted by atomic mass is 35.5. The Hall–Kier alpha value is -2.39. The molecule has 0 bridgehead atoms. The van der Waals surface area contributed by atoms with E-state index < -0.39 is 0 Å². The molecule has 1 N–H and O–H groups in total. The summed E-state index contributed by atoms with van der Waals surface area (Å²) in [5.74, 6) is -0.248. The fourth-order valence-corrected chi connectivity index (χ4v) is 2.77. The van der Waals surface area contributed by atoms with Crippen LogP contribution in [0.3, 0.4) is 0 Å². The Balaban J connectivity index is 1.98. The molecule has 0 atom stereocenters. The van der Waals surface area contributed by atoms with Crippen LogP contribution in [0.5, 0.6) is 0 Å².